The molecule has 1 fully saturated rings. The van der Waals surface area contributed by atoms with E-state index in [9.17, 15) is 14.4 Å². The lowest BCUT2D eigenvalue weighted by Gasteiger charge is -2.41. The van der Waals surface area contributed by atoms with Gasteiger partial charge in [-0.2, -0.15) is 0 Å². The summed E-state index contributed by atoms with van der Waals surface area (Å²) in [7, 11) is 2.42. The number of carbonyl (C=O) groups is 3. The quantitative estimate of drug-likeness (QED) is 0.437. The predicted molar refractivity (Wildman–Crippen MR) is 78.1 cm³/mol. The van der Waals surface area contributed by atoms with E-state index in [1.807, 2.05) is 6.92 Å². The summed E-state index contributed by atoms with van der Waals surface area (Å²) in [6.07, 6.45) is -0.290. The van der Waals surface area contributed by atoms with E-state index in [4.69, 9.17) is 14.2 Å². The second kappa shape index (κ2) is 6.54. The average Bonchev–Trinajstić information content (AvgIpc) is 2.42. The molecule has 1 aliphatic heterocycles. The number of likely N-dealkylation sites (tertiary alicyclic amines) is 1. The minimum absolute atomic E-state index is 0.0699. The summed E-state index contributed by atoms with van der Waals surface area (Å²) in [5, 5.41) is 0. The molecule has 1 aliphatic rings. The van der Waals surface area contributed by atoms with E-state index >= 15 is 0 Å². The van der Waals surface area contributed by atoms with Crippen LogP contribution in [0.25, 0.3) is 0 Å². The van der Waals surface area contributed by atoms with Crippen LogP contribution in [0.5, 0.6) is 0 Å². The van der Waals surface area contributed by atoms with Gasteiger partial charge in [-0.05, 0) is 33.1 Å². The molecule has 1 heterocycles. The van der Waals surface area contributed by atoms with Crippen LogP contribution in [-0.4, -0.2) is 55.8 Å². The fraction of sp³-hybridized carbons (Fsp3) is 0.800. The molecule has 0 radical (unpaired) electrons. The normalized spacial score (nSPS) is 21.0. The van der Waals surface area contributed by atoms with Gasteiger partial charge in [0.1, 0.15) is 5.60 Å². The van der Waals surface area contributed by atoms with Crippen molar-refractivity contribution in [2.75, 3.05) is 27.3 Å². The molecular formula is C15H25NO6. The first-order valence-corrected chi connectivity index (χ1v) is 7.20. The first kappa shape index (κ1) is 18.3. The summed E-state index contributed by atoms with van der Waals surface area (Å²) < 4.78 is 14.9. The molecule has 7 heteroatoms. The first-order valence-electron chi connectivity index (χ1n) is 7.20. The van der Waals surface area contributed by atoms with Crippen LogP contribution < -0.4 is 0 Å². The summed E-state index contributed by atoms with van der Waals surface area (Å²) in [6, 6.07) is 0. The Balaban J connectivity index is 3.08. The molecule has 0 saturated carbocycles. The molecule has 0 aliphatic carbocycles. The zero-order valence-corrected chi connectivity index (χ0v) is 14.1. The van der Waals surface area contributed by atoms with E-state index in [-0.39, 0.29) is 18.9 Å². The molecular weight excluding hydrogens is 290 g/mol. The van der Waals surface area contributed by atoms with Crippen molar-refractivity contribution in [3.05, 3.63) is 0 Å². The van der Waals surface area contributed by atoms with Gasteiger partial charge in [-0.3, -0.25) is 9.59 Å². The van der Waals surface area contributed by atoms with Crippen molar-refractivity contribution in [1.29, 1.82) is 0 Å². The summed E-state index contributed by atoms with van der Waals surface area (Å²) >= 11 is 0. The Hall–Kier alpha value is -1.79. The molecule has 0 spiro atoms. The lowest BCUT2D eigenvalue weighted by Crippen LogP contribution is -2.57. The molecule has 126 valence electrons. The third kappa shape index (κ3) is 3.90. The Morgan fingerprint density at radius 3 is 2.00 bits per heavy atom. The minimum Gasteiger partial charge on any atom is -0.468 e. The van der Waals surface area contributed by atoms with E-state index in [1.165, 1.54) is 19.1 Å². The van der Waals surface area contributed by atoms with Crippen molar-refractivity contribution >= 4 is 18.0 Å². The van der Waals surface area contributed by atoms with Crippen molar-refractivity contribution in [3.63, 3.8) is 0 Å². The van der Waals surface area contributed by atoms with Crippen molar-refractivity contribution in [2.24, 2.45) is 11.3 Å². The second-order valence-electron chi connectivity index (χ2n) is 6.74. The van der Waals surface area contributed by atoms with Gasteiger partial charge in [0.2, 0.25) is 0 Å². The lowest BCUT2D eigenvalue weighted by atomic mass is 9.76. The highest BCUT2D eigenvalue weighted by atomic mass is 16.6. The molecule has 0 bridgehead atoms. The van der Waals surface area contributed by atoms with Gasteiger partial charge in [0.15, 0.2) is 5.41 Å². The van der Waals surface area contributed by atoms with Crippen molar-refractivity contribution in [3.8, 4) is 0 Å². The first-order chi connectivity index (χ1) is 10.1. The molecule has 1 saturated heterocycles. The third-order valence-electron chi connectivity index (χ3n) is 3.49. The Bertz CT molecular complexity index is 437. The zero-order valence-electron chi connectivity index (χ0n) is 14.1. The maximum Gasteiger partial charge on any atom is 0.410 e. The number of hydrogen-bond donors (Lipinski definition) is 0. The van der Waals surface area contributed by atoms with Crippen LogP contribution in [0.4, 0.5) is 4.79 Å². The Morgan fingerprint density at radius 2 is 1.59 bits per heavy atom. The molecule has 0 N–H and O–H groups in total. The lowest BCUT2D eigenvalue weighted by molar-refractivity contribution is -0.174. The number of esters is 2. The van der Waals surface area contributed by atoms with Crippen LogP contribution in [0, 0.1) is 11.3 Å². The van der Waals surface area contributed by atoms with E-state index in [2.05, 4.69) is 0 Å². The summed E-state index contributed by atoms with van der Waals surface area (Å²) in [4.78, 5) is 38.0. The molecule has 7 nitrogen and oxygen atoms in total. The molecule has 1 atom stereocenters. The van der Waals surface area contributed by atoms with Gasteiger partial charge in [0, 0.05) is 6.54 Å². The number of methoxy groups -OCH3 is 2. The van der Waals surface area contributed by atoms with Crippen LogP contribution in [0.1, 0.15) is 34.1 Å². The monoisotopic (exact) mass is 315 g/mol. The van der Waals surface area contributed by atoms with E-state index < -0.39 is 29.0 Å². The van der Waals surface area contributed by atoms with Crippen molar-refractivity contribution < 1.29 is 28.6 Å². The number of rotatable bonds is 2. The predicted octanol–water partition coefficient (Wildman–Crippen LogP) is 1.60. The molecule has 22 heavy (non-hydrogen) atoms. The maximum absolute atomic E-state index is 12.3. The van der Waals surface area contributed by atoms with E-state index in [0.717, 1.165) is 0 Å². The van der Waals surface area contributed by atoms with Crippen molar-refractivity contribution in [1.82, 2.24) is 4.90 Å². The van der Waals surface area contributed by atoms with E-state index in [0.29, 0.717) is 6.54 Å². The maximum atomic E-state index is 12.3. The fourth-order valence-corrected chi connectivity index (χ4v) is 2.73. The molecule has 0 aromatic carbocycles. The largest absolute Gasteiger partial charge is 0.468 e. The fourth-order valence-electron chi connectivity index (χ4n) is 2.73. The average molecular weight is 315 g/mol. The van der Waals surface area contributed by atoms with Gasteiger partial charge in [-0.15, -0.1) is 0 Å². The summed E-state index contributed by atoms with van der Waals surface area (Å²) in [6.45, 7) is 7.43. The summed E-state index contributed by atoms with van der Waals surface area (Å²) in [5.41, 5.74) is -2.16. The summed E-state index contributed by atoms with van der Waals surface area (Å²) in [5.74, 6) is -1.46. The topological polar surface area (TPSA) is 82.1 Å². The number of amides is 1. The highest BCUT2D eigenvalue weighted by Gasteiger charge is 2.54. The molecule has 1 unspecified atom stereocenters. The highest BCUT2D eigenvalue weighted by molar-refractivity contribution is 6.00. The molecule has 0 aromatic rings. The van der Waals surface area contributed by atoms with Crippen LogP contribution in [0.15, 0.2) is 0 Å². The van der Waals surface area contributed by atoms with Crippen molar-refractivity contribution in [2.45, 2.75) is 39.7 Å². The second-order valence-corrected chi connectivity index (χ2v) is 6.74. The van der Waals surface area contributed by atoms with Crippen LogP contribution in [-0.2, 0) is 23.8 Å². The third-order valence-corrected chi connectivity index (χ3v) is 3.49. The van der Waals surface area contributed by atoms with Gasteiger partial charge in [-0.1, -0.05) is 6.92 Å². The minimum atomic E-state index is -1.50. The zero-order chi connectivity index (χ0) is 17.1. The van der Waals surface area contributed by atoms with Gasteiger partial charge < -0.3 is 19.1 Å². The van der Waals surface area contributed by atoms with Gasteiger partial charge in [0.25, 0.3) is 0 Å². The number of nitrogens with zero attached hydrogens (tertiary/aromatic N) is 1. The van der Waals surface area contributed by atoms with Crippen LogP contribution in [0.2, 0.25) is 0 Å². The Labute approximate surface area is 130 Å². The SMILES string of the molecule is COC(=O)C1(C(=O)OC)CC(C)CN(C(=O)OC(C)(C)C)C1. The Morgan fingerprint density at radius 1 is 1.09 bits per heavy atom. The van der Waals surface area contributed by atoms with Crippen LogP contribution >= 0.6 is 0 Å². The highest BCUT2D eigenvalue weighted by Crippen LogP contribution is 2.36. The molecule has 1 rings (SSSR count). The van der Waals surface area contributed by atoms with Gasteiger partial charge in [0.05, 0.1) is 20.8 Å². The molecule has 1 amide bonds. The number of hydrogen-bond acceptors (Lipinski definition) is 6. The number of carbonyl (C=O) groups excluding carboxylic acids is 3. The molecule has 0 aromatic heterocycles. The standard InChI is InChI=1S/C15H25NO6/c1-10-7-15(11(17)20-5,12(18)21-6)9-16(8-10)13(19)22-14(2,3)4/h10H,7-9H2,1-6H3. The van der Waals surface area contributed by atoms with Gasteiger partial charge >= 0.3 is 18.0 Å². The van der Waals surface area contributed by atoms with E-state index in [1.54, 1.807) is 20.8 Å². The van der Waals surface area contributed by atoms with Crippen LogP contribution in [0.3, 0.4) is 0 Å². The smallest absolute Gasteiger partial charge is 0.410 e. The van der Waals surface area contributed by atoms with Gasteiger partial charge in [-0.25, -0.2) is 4.79 Å². The Kier molecular flexibility index (Phi) is 5.43. The number of ether oxygens (including phenoxy) is 3. The number of piperidine rings is 1.